The van der Waals surface area contributed by atoms with Crippen molar-refractivity contribution in [3.63, 3.8) is 0 Å². The molecule has 0 saturated heterocycles. The predicted molar refractivity (Wildman–Crippen MR) is 77.2 cm³/mol. The number of aliphatic carboxylic acids is 1. The lowest BCUT2D eigenvalue weighted by atomic mass is 10.0. The summed E-state index contributed by atoms with van der Waals surface area (Å²) < 4.78 is 12.8. The summed E-state index contributed by atoms with van der Waals surface area (Å²) in [6.45, 7) is 3.03. The number of hydrogen-bond acceptors (Lipinski definition) is 3. The quantitative estimate of drug-likeness (QED) is 0.710. The molecule has 0 spiro atoms. The number of carboxylic acids is 1. The van der Waals surface area contributed by atoms with Gasteiger partial charge in [-0.1, -0.05) is 12.1 Å². The Morgan fingerprint density at radius 1 is 1.33 bits per heavy atom. The SMILES string of the molecule is CC(C)(N)C(=O)NC(CCCc1ccc(F)cc1)C(=O)O. The van der Waals surface area contributed by atoms with Crippen molar-refractivity contribution < 1.29 is 19.1 Å². The molecule has 1 atom stereocenters. The van der Waals surface area contributed by atoms with Crippen LogP contribution in [-0.4, -0.2) is 28.6 Å². The zero-order valence-electron chi connectivity index (χ0n) is 12.2. The minimum absolute atomic E-state index is 0.286. The standard InChI is InChI=1S/C15H21FN2O3/c1-15(2,17)14(21)18-12(13(19)20)5-3-4-10-6-8-11(16)9-7-10/h6-9,12H,3-5,17H2,1-2H3,(H,18,21)(H,19,20). The fourth-order valence-corrected chi connectivity index (χ4v) is 1.76. The lowest BCUT2D eigenvalue weighted by Gasteiger charge is -2.21. The molecule has 5 nitrogen and oxygen atoms in total. The number of carboxylic acid groups (broad SMARTS) is 1. The Balaban J connectivity index is 2.50. The fourth-order valence-electron chi connectivity index (χ4n) is 1.76. The lowest BCUT2D eigenvalue weighted by Crippen LogP contribution is -2.54. The third-order valence-electron chi connectivity index (χ3n) is 3.06. The van der Waals surface area contributed by atoms with E-state index in [2.05, 4.69) is 5.32 Å². The number of rotatable bonds is 7. The smallest absolute Gasteiger partial charge is 0.326 e. The second kappa shape index (κ2) is 7.17. The summed E-state index contributed by atoms with van der Waals surface area (Å²) in [4.78, 5) is 22.9. The van der Waals surface area contributed by atoms with Gasteiger partial charge < -0.3 is 16.2 Å². The van der Waals surface area contributed by atoms with Crippen LogP contribution in [0.5, 0.6) is 0 Å². The van der Waals surface area contributed by atoms with Crippen molar-refractivity contribution >= 4 is 11.9 Å². The first-order chi connectivity index (χ1) is 9.70. The first kappa shape index (κ1) is 17.1. The molecule has 1 unspecified atom stereocenters. The minimum Gasteiger partial charge on any atom is -0.480 e. The molecular formula is C15H21FN2O3. The molecule has 0 bridgehead atoms. The Kier molecular flexibility index (Phi) is 5.84. The van der Waals surface area contributed by atoms with Gasteiger partial charge in [0.15, 0.2) is 0 Å². The second-order valence-corrected chi connectivity index (χ2v) is 5.60. The molecular weight excluding hydrogens is 275 g/mol. The molecule has 1 aromatic carbocycles. The van der Waals surface area contributed by atoms with Crippen LogP contribution < -0.4 is 11.1 Å². The van der Waals surface area contributed by atoms with Gasteiger partial charge in [-0.3, -0.25) is 4.79 Å². The van der Waals surface area contributed by atoms with E-state index in [-0.39, 0.29) is 12.2 Å². The van der Waals surface area contributed by atoms with Crippen molar-refractivity contribution in [1.82, 2.24) is 5.32 Å². The van der Waals surface area contributed by atoms with Crippen LogP contribution in [0, 0.1) is 5.82 Å². The maximum absolute atomic E-state index is 12.8. The third-order valence-corrected chi connectivity index (χ3v) is 3.06. The van der Waals surface area contributed by atoms with E-state index in [1.165, 1.54) is 26.0 Å². The molecule has 0 aromatic heterocycles. The number of benzene rings is 1. The van der Waals surface area contributed by atoms with Gasteiger partial charge in [-0.15, -0.1) is 0 Å². The Hall–Kier alpha value is -1.95. The highest BCUT2D eigenvalue weighted by Crippen LogP contribution is 2.09. The Morgan fingerprint density at radius 3 is 2.38 bits per heavy atom. The van der Waals surface area contributed by atoms with Crippen LogP contribution in [0.1, 0.15) is 32.3 Å². The maximum atomic E-state index is 12.8. The van der Waals surface area contributed by atoms with E-state index in [0.717, 1.165) is 5.56 Å². The zero-order valence-corrected chi connectivity index (χ0v) is 12.2. The van der Waals surface area contributed by atoms with Crippen LogP contribution in [0.25, 0.3) is 0 Å². The number of amides is 1. The molecule has 21 heavy (non-hydrogen) atoms. The highest BCUT2D eigenvalue weighted by molar-refractivity contribution is 5.89. The Bertz CT molecular complexity index is 495. The normalized spacial score (nSPS) is 12.8. The van der Waals surface area contributed by atoms with Crippen molar-refractivity contribution in [2.75, 3.05) is 0 Å². The molecule has 0 radical (unpaired) electrons. The molecule has 0 heterocycles. The average Bonchev–Trinajstić information content (AvgIpc) is 2.38. The molecule has 1 rings (SSSR count). The minimum atomic E-state index is -1.12. The summed E-state index contributed by atoms with van der Waals surface area (Å²) in [7, 11) is 0. The second-order valence-electron chi connectivity index (χ2n) is 5.60. The number of carbonyl (C=O) groups excluding carboxylic acids is 1. The third kappa shape index (κ3) is 5.91. The summed E-state index contributed by atoms with van der Waals surface area (Å²) in [6, 6.07) is 5.07. The summed E-state index contributed by atoms with van der Waals surface area (Å²) in [5.74, 6) is -1.90. The molecule has 1 aromatic rings. The lowest BCUT2D eigenvalue weighted by molar-refractivity contribution is -0.142. The van der Waals surface area contributed by atoms with Gasteiger partial charge in [0.1, 0.15) is 11.9 Å². The summed E-state index contributed by atoms with van der Waals surface area (Å²) in [6.07, 6.45) is 1.47. The first-order valence-corrected chi connectivity index (χ1v) is 6.77. The number of halogens is 1. The molecule has 6 heteroatoms. The van der Waals surface area contributed by atoms with Crippen molar-refractivity contribution in [1.29, 1.82) is 0 Å². The van der Waals surface area contributed by atoms with Gasteiger partial charge in [-0.05, 0) is 50.8 Å². The van der Waals surface area contributed by atoms with Crippen LogP contribution in [0.3, 0.4) is 0 Å². The van der Waals surface area contributed by atoms with Crippen LogP contribution in [0.4, 0.5) is 4.39 Å². The molecule has 1 amide bonds. The van der Waals surface area contributed by atoms with Crippen molar-refractivity contribution in [2.24, 2.45) is 5.73 Å². The van der Waals surface area contributed by atoms with Crippen LogP contribution in [-0.2, 0) is 16.0 Å². The van der Waals surface area contributed by atoms with E-state index < -0.39 is 23.5 Å². The van der Waals surface area contributed by atoms with Gasteiger partial charge in [0.05, 0.1) is 5.54 Å². The fraction of sp³-hybridized carbons (Fsp3) is 0.467. The molecule has 0 aliphatic rings. The van der Waals surface area contributed by atoms with E-state index in [4.69, 9.17) is 10.8 Å². The average molecular weight is 296 g/mol. The van der Waals surface area contributed by atoms with E-state index in [1.807, 2.05) is 0 Å². The van der Waals surface area contributed by atoms with Crippen LogP contribution in [0.2, 0.25) is 0 Å². The molecule has 0 fully saturated rings. The highest BCUT2D eigenvalue weighted by Gasteiger charge is 2.27. The van der Waals surface area contributed by atoms with Crippen LogP contribution >= 0.6 is 0 Å². The van der Waals surface area contributed by atoms with Crippen molar-refractivity contribution in [3.05, 3.63) is 35.6 Å². The molecule has 0 aliphatic carbocycles. The van der Waals surface area contributed by atoms with Gasteiger partial charge in [0.2, 0.25) is 5.91 Å². The molecule has 4 N–H and O–H groups in total. The van der Waals surface area contributed by atoms with Gasteiger partial charge in [0, 0.05) is 0 Å². The van der Waals surface area contributed by atoms with Crippen molar-refractivity contribution in [3.8, 4) is 0 Å². The number of aryl methyl sites for hydroxylation is 1. The van der Waals surface area contributed by atoms with E-state index >= 15 is 0 Å². The number of carbonyl (C=O) groups is 2. The highest BCUT2D eigenvalue weighted by atomic mass is 19.1. The van der Waals surface area contributed by atoms with E-state index in [9.17, 15) is 14.0 Å². The van der Waals surface area contributed by atoms with Gasteiger partial charge in [-0.25, -0.2) is 9.18 Å². The largest absolute Gasteiger partial charge is 0.480 e. The van der Waals surface area contributed by atoms with Gasteiger partial charge in [-0.2, -0.15) is 0 Å². The van der Waals surface area contributed by atoms with Crippen LogP contribution in [0.15, 0.2) is 24.3 Å². The van der Waals surface area contributed by atoms with Gasteiger partial charge >= 0.3 is 5.97 Å². The molecule has 0 saturated carbocycles. The summed E-state index contributed by atoms with van der Waals surface area (Å²) in [5, 5.41) is 11.5. The monoisotopic (exact) mass is 296 g/mol. The maximum Gasteiger partial charge on any atom is 0.326 e. The predicted octanol–water partition coefficient (Wildman–Crippen LogP) is 1.46. The summed E-state index contributed by atoms with van der Waals surface area (Å²) >= 11 is 0. The Morgan fingerprint density at radius 2 is 1.90 bits per heavy atom. The van der Waals surface area contributed by atoms with Crippen molar-refractivity contribution in [2.45, 2.75) is 44.7 Å². The Labute approximate surface area is 123 Å². The topological polar surface area (TPSA) is 92.4 Å². The number of hydrogen-bond donors (Lipinski definition) is 3. The first-order valence-electron chi connectivity index (χ1n) is 6.77. The number of nitrogens with two attached hydrogens (primary N) is 1. The summed E-state index contributed by atoms with van der Waals surface area (Å²) in [5.41, 5.74) is 5.42. The molecule has 0 aliphatic heterocycles. The zero-order chi connectivity index (χ0) is 16.0. The number of nitrogens with one attached hydrogen (secondary N) is 1. The molecule has 116 valence electrons. The van der Waals surface area contributed by atoms with E-state index in [0.29, 0.717) is 12.8 Å². The van der Waals surface area contributed by atoms with Gasteiger partial charge in [0.25, 0.3) is 0 Å². The van der Waals surface area contributed by atoms with E-state index in [1.54, 1.807) is 12.1 Å².